The fourth-order valence-corrected chi connectivity index (χ4v) is 3.13. The molecule has 1 aliphatic rings. The number of hydrogen-bond acceptors (Lipinski definition) is 2. The summed E-state index contributed by atoms with van der Waals surface area (Å²) in [5.74, 6) is 0.0716. The number of nitrogens with one attached hydrogen (secondary N) is 1. The van der Waals surface area contributed by atoms with Crippen LogP contribution in [0.25, 0.3) is 0 Å². The van der Waals surface area contributed by atoms with E-state index in [1.165, 1.54) is 5.56 Å². The molecule has 0 bridgehead atoms. The molecule has 92 valence electrons. The maximum absolute atomic E-state index is 11.9. The number of hydrogen-bond donors (Lipinski definition) is 1. The van der Waals surface area contributed by atoms with Crippen LogP contribution in [0.3, 0.4) is 0 Å². The maximum Gasteiger partial charge on any atom is 0.224 e. The monoisotopic (exact) mass is 296 g/mol. The first-order chi connectivity index (χ1) is 7.83. The Balaban J connectivity index is 2.64. The molecule has 1 aromatic rings. The normalized spacial score (nSPS) is 17.4. The van der Waals surface area contributed by atoms with E-state index in [1.807, 2.05) is 17.9 Å². The van der Waals surface area contributed by atoms with E-state index in [4.69, 9.17) is 0 Å². The van der Waals surface area contributed by atoms with Crippen LogP contribution in [0.5, 0.6) is 0 Å². The van der Waals surface area contributed by atoms with Crippen molar-refractivity contribution in [1.29, 1.82) is 0 Å². The van der Waals surface area contributed by atoms with Crippen molar-refractivity contribution >= 4 is 33.2 Å². The summed E-state index contributed by atoms with van der Waals surface area (Å²) in [6, 6.07) is 4.11. The summed E-state index contributed by atoms with van der Waals surface area (Å²) in [7, 11) is 0. The largest absolute Gasteiger partial charge is 0.381 e. The van der Waals surface area contributed by atoms with Gasteiger partial charge in [0.1, 0.15) is 0 Å². The van der Waals surface area contributed by atoms with Crippen molar-refractivity contribution in [3.05, 3.63) is 22.2 Å². The third kappa shape index (κ3) is 2.06. The van der Waals surface area contributed by atoms with E-state index < -0.39 is 0 Å². The lowest BCUT2D eigenvalue weighted by Gasteiger charge is -2.44. The Hall–Kier alpha value is -1.03. The number of nitrogens with zero attached hydrogens (tertiary/aromatic N) is 1. The quantitative estimate of drug-likeness (QED) is 0.796. The molecule has 0 saturated heterocycles. The minimum absolute atomic E-state index is 0.0716. The van der Waals surface area contributed by atoms with Crippen molar-refractivity contribution < 1.29 is 4.79 Å². The van der Waals surface area contributed by atoms with E-state index in [9.17, 15) is 4.79 Å². The highest BCUT2D eigenvalue weighted by atomic mass is 79.9. The van der Waals surface area contributed by atoms with Crippen molar-refractivity contribution in [3.63, 3.8) is 0 Å². The van der Waals surface area contributed by atoms with E-state index in [2.05, 4.69) is 41.2 Å². The Labute approximate surface area is 110 Å². The van der Waals surface area contributed by atoms with E-state index in [1.54, 1.807) is 6.92 Å². The molecule has 3 nitrogen and oxygen atoms in total. The third-order valence-corrected chi connectivity index (χ3v) is 3.67. The van der Waals surface area contributed by atoms with Gasteiger partial charge in [0, 0.05) is 17.9 Å². The molecule has 17 heavy (non-hydrogen) atoms. The summed E-state index contributed by atoms with van der Waals surface area (Å²) in [4.78, 5) is 13.8. The average molecular weight is 297 g/mol. The zero-order valence-corrected chi connectivity index (χ0v) is 12.2. The highest BCUT2D eigenvalue weighted by molar-refractivity contribution is 9.10. The van der Waals surface area contributed by atoms with E-state index in [-0.39, 0.29) is 11.4 Å². The van der Waals surface area contributed by atoms with Gasteiger partial charge in [0.05, 0.1) is 16.9 Å². The van der Waals surface area contributed by atoms with Crippen molar-refractivity contribution in [3.8, 4) is 0 Å². The molecular formula is C13H17BrN2O. The SMILES string of the molecule is CC(=O)N1c2c(Br)cc(C)cc2NCC1(C)C. The van der Waals surface area contributed by atoms with Gasteiger partial charge < -0.3 is 10.2 Å². The molecule has 1 amide bonds. The Kier molecular flexibility index (Phi) is 2.94. The van der Waals surface area contributed by atoms with Crippen molar-refractivity contribution in [2.45, 2.75) is 33.2 Å². The number of amides is 1. The second kappa shape index (κ2) is 4.02. The molecule has 1 N–H and O–H groups in total. The summed E-state index contributed by atoms with van der Waals surface area (Å²) in [5.41, 5.74) is 2.92. The van der Waals surface area contributed by atoms with Crippen LogP contribution in [0.15, 0.2) is 16.6 Å². The van der Waals surface area contributed by atoms with E-state index >= 15 is 0 Å². The predicted molar refractivity (Wildman–Crippen MR) is 74.6 cm³/mol. The van der Waals surface area contributed by atoms with Crippen molar-refractivity contribution in [2.24, 2.45) is 0 Å². The molecule has 0 saturated carbocycles. The Bertz CT molecular complexity index is 483. The second-order valence-corrected chi connectivity index (χ2v) is 6.02. The lowest BCUT2D eigenvalue weighted by atomic mass is 9.97. The lowest BCUT2D eigenvalue weighted by molar-refractivity contribution is -0.117. The number of halogens is 1. The molecule has 4 heteroatoms. The van der Waals surface area contributed by atoms with E-state index in [0.29, 0.717) is 0 Å². The number of carbonyl (C=O) groups excluding carboxylic acids is 1. The fraction of sp³-hybridized carbons (Fsp3) is 0.462. The van der Waals surface area contributed by atoms with E-state index in [0.717, 1.165) is 22.4 Å². The molecule has 1 heterocycles. The summed E-state index contributed by atoms with van der Waals surface area (Å²) >= 11 is 3.56. The number of aryl methyl sites for hydroxylation is 1. The molecule has 0 aromatic heterocycles. The van der Waals surface area contributed by atoms with Gasteiger partial charge in [0.2, 0.25) is 5.91 Å². The highest BCUT2D eigenvalue weighted by Crippen LogP contribution is 2.42. The zero-order chi connectivity index (χ0) is 12.8. The summed E-state index contributed by atoms with van der Waals surface area (Å²) < 4.78 is 0.961. The Morgan fingerprint density at radius 2 is 2.12 bits per heavy atom. The zero-order valence-electron chi connectivity index (χ0n) is 10.6. The minimum atomic E-state index is -0.212. The van der Waals surface area contributed by atoms with Crippen LogP contribution >= 0.6 is 15.9 Å². The van der Waals surface area contributed by atoms with Gasteiger partial charge in [-0.15, -0.1) is 0 Å². The molecule has 1 aliphatic heterocycles. The predicted octanol–water partition coefficient (Wildman–Crippen LogP) is 3.31. The van der Waals surface area contributed by atoms with Crippen LogP contribution in [0.2, 0.25) is 0 Å². The first kappa shape index (κ1) is 12.4. The van der Waals surface area contributed by atoms with Crippen molar-refractivity contribution in [2.75, 3.05) is 16.8 Å². The molecule has 0 radical (unpaired) electrons. The number of benzene rings is 1. The number of carbonyl (C=O) groups is 1. The number of rotatable bonds is 0. The van der Waals surface area contributed by atoms with Gasteiger partial charge in [-0.2, -0.15) is 0 Å². The standard InChI is InChI=1S/C13H17BrN2O/c1-8-5-10(14)12-11(6-8)15-7-13(3,4)16(12)9(2)17/h5-6,15H,7H2,1-4H3. The van der Waals surface area contributed by atoms with Gasteiger partial charge >= 0.3 is 0 Å². The lowest BCUT2D eigenvalue weighted by Crippen LogP contribution is -2.54. The molecule has 2 rings (SSSR count). The average Bonchev–Trinajstić information content (AvgIpc) is 2.17. The van der Waals surface area contributed by atoms with Crippen LogP contribution in [-0.4, -0.2) is 18.0 Å². The Morgan fingerprint density at radius 3 is 2.71 bits per heavy atom. The Morgan fingerprint density at radius 1 is 1.47 bits per heavy atom. The second-order valence-electron chi connectivity index (χ2n) is 5.16. The van der Waals surface area contributed by atoms with Crippen molar-refractivity contribution in [1.82, 2.24) is 0 Å². The smallest absolute Gasteiger partial charge is 0.224 e. The van der Waals surface area contributed by atoms with Gasteiger partial charge in [-0.1, -0.05) is 0 Å². The third-order valence-electron chi connectivity index (χ3n) is 3.06. The van der Waals surface area contributed by atoms with Gasteiger partial charge in [-0.25, -0.2) is 0 Å². The minimum Gasteiger partial charge on any atom is -0.381 e. The molecule has 1 aromatic carbocycles. The molecular weight excluding hydrogens is 280 g/mol. The molecule has 0 atom stereocenters. The topological polar surface area (TPSA) is 32.3 Å². The molecule has 0 fully saturated rings. The van der Waals surface area contributed by atoms with Crippen LogP contribution in [0.4, 0.5) is 11.4 Å². The molecule has 0 spiro atoms. The first-order valence-corrected chi connectivity index (χ1v) is 6.47. The summed E-state index contributed by atoms with van der Waals surface area (Å²) in [6.07, 6.45) is 0. The first-order valence-electron chi connectivity index (χ1n) is 5.68. The van der Waals surface area contributed by atoms with Crippen LogP contribution in [0, 0.1) is 6.92 Å². The van der Waals surface area contributed by atoms with Gasteiger partial charge in [0.15, 0.2) is 0 Å². The van der Waals surface area contributed by atoms with Crippen LogP contribution in [-0.2, 0) is 4.79 Å². The number of anilines is 2. The fourth-order valence-electron chi connectivity index (χ4n) is 2.37. The van der Waals surface area contributed by atoms with Gasteiger partial charge in [-0.3, -0.25) is 4.79 Å². The van der Waals surface area contributed by atoms with Crippen LogP contribution in [0.1, 0.15) is 26.3 Å². The summed E-state index contributed by atoms with van der Waals surface area (Å²) in [5, 5.41) is 3.40. The number of fused-ring (bicyclic) bond motifs is 1. The van der Waals surface area contributed by atoms with Gasteiger partial charge in [0.25, 0.3) is 0 Å². The van der Waals surface area contributed by atoms with Crippen LogP contribution < -0.4 is 10.2 Å². The highest BCUT2D eigenvalue weighted by Gasteiger charge is 2.36. The van der Waals surface area contributed by atoms with Gasteiger partial charge in [-0.05, 0) is 54.4 Å². The molecule has 0 aliphatic carbocycles. The maximum atomic E-state index is 11.9. The summed E-state index contributed by atoms with van der Waals surface area (Å²) in [6.45, 7) is 8.55. The molecule has 0 unspecified atom stereocenters.